The Morgan fingerprint density at radius 3 is 2.85 bits per heavy atom. The molecule has 0 radical (unpaired) electrons. The van der Waals surface area contributed by atoms with Gasteiger partial charge in [0.05, 0.1) is 34.6 Å². The number of nitrogens with two attached hydrogens (primary N) is 2. The van der Waals surface area contributed by atoms with Gasteiger partial charge >= 0.3 is 13.6 Å². The summed E-state index contributed by atoms with van der Waals surface area (Å²) in [6.45, 7) is 0.629. The first-order valence-corrected chi connectivity index (χ1v) is 14.6. The van der Waals surface area contributed by atoms with Gasteiger partial charge in [-0.15, -0.1) is 0 Å². The standard InChI is InChI=1S/C25H30ClN8O4P/c26-20-8-1-2-9-21(20)34(18-7-5-6-17(14-18)16-35)39(28,36)30-11-13-38-25-31-23(27)19-15-29-33(24(19)32-25)22-10-3-4-12-37-22/h1-2,5-9,14-15,22,35H,3-4,10-13,16H2,(H2,27,31,32)(H3,28,30,36). The van der Waals surface area contributed by atoms with Crippen LogP contribution >= 0.6 is 19.2 Å². The van der Waals surface area contributed by atoms with Crippen LogP contribution in [0.25, 0.3) is 11.0 Å². The van der Waals surface area contributed by atoms with E-state index in [1.165, 1.54) is 4.67 Å². The molecule has 1 saturated heterocycles. The summed E-state index contributed by atoms with van der Waals surface area (Å²) in [7, 11) is -3.75. The number of aliphatic hydroxyl groups excluding tert-OH is 1. The minimum absolute atomic E-state index is 0.0489. The van der Waals surface area contributed by atoms with Gasteiger partial charge in [0.1, 0.15) is 12.4 Å². The summed E-state index contributed by atoms with van der Waals surface area (Å²) < 4.78 is 28.6. The van der Waals surface area contributed by atoms with Crippen molar-refractivity contribution < 1.29 is 19.1 Å². The van der Waals surface area contributed by atoms with Crippen LogP contribution < -0.4 is 25.7 Å². The van der Waals surface area contributed by atoms with Crippen LogP contribution in [0.3, 0.4) is 0 Å². The number of halogens is 1. The Morgan fingerprint density at radius 2 is 2.08 bits per heavy atom. The molecule has 2 aromatic heterocycles. The third-order valence-corrected chi connectivity index (χ3v) is 8.32. The molecular formula is C25H30ClN8O4P. The van der Waals surface area contributed by atoms with Crippen molar-refractivity contribution in [2.75, 3.05) is 30.2 Å². The molecule has 2 atom stereocenters. The number of rotatable bonds is 10. The lowest BCUT2D eigenvalue weighted by molar-refractivity contribution is -0.0370. The maximum absolute atomic E-state index is 13.8. The zero-order valence-electron chi connectivity index (χ0n) is 21.1. The number of nitrogens with one attached hydrogen (secondary N) is 1. The van der Waals surface area contributed by atoms with Crippen LogP contribution in [0.1, 0.15) is 31.1 Å². The van der Waals surface area contributed by atoms with Crippen LogP contribution in [0.15, 0.2) is 54.7 Å². The molecule has 12 nitrogen and oxygen atoms in total. The van der Waals surface area contributed by atoms with E-state index in [1.807, 2.05) is 0 Å². The molecule has 0 spiro atoms. The van der Waals surface area contributed by atoms with Crippen molar-refractivity contribution in [3.8, 4) is 6.01 Å². The number of aliphatic hydroxyl groups is 1. The fourth-order valence-corrected chi connectivity index (χ4v) is 6.21. The predicted molar refractivity (Wildman–Crippen MR) is 150 cm³/mol. The summed E-state index contributed by atoms with van der Waals surface area (Å²) in [5.41, 5.74) is 14.6. The molecule has 1 fully saturated rings. The minimum atomic E-state index is -3.75. The van der Waals surface area contributed by atoms with Crippen molar-refractivity contribution in [1.82, 2.24) is 24.8 Å². The number of anilines is 3. The second-order valence-electron chi connectivity index (χ2n) is 9.01. The van der Waals surface area contributed by atoms with Crippen molar-refractivity contribution in [1.29, 1.82) is 0 Å². The highest BCUT2D eigenvalue weighted by Crippen LogP contribution is 2.49. The van der Waals surface area contributed by atoms with Crippen LogP contribution in [0.4, 0.5) is 17.2 Å². The van der Waals surface area contributed by atoms with E-state index in [2.05, 4.69) is 20.2 Å². The van der Waals surface area contributed by atoms with Gasteiger partial charge in [-0.1, -0.05) is 35.9 Å². The summed E-state index contributed by atoms with van der Waals surface area (Å²) >= 11 is 6.45. The second-order valence-corrected chi connectivity index (χ2v) is 11.4. The van der Waals surface area contributed by atoms with Crippen LogP contribution in [0, 0.1) is 0 Å². The summed E-state index contributed by atoms with van der Waals surface area (Å²) in [5, 5.41) is 17.9. The lowest BCUT2D eigenvalue weighted by atomic mass is 10.2. The molecular weight excluding hydrogens is 543 g/mol. The van der Waals surface area contributed by atoms with Crippen LogP contribution in [0.2, 0.25) is 5.02 Å². The average Bonchev–Trinajstić information content (AvgIpc) is 3.37. The summed E-state index contributed by atoms with van der Waals surface area (Å²) in [6, 6.07) is 13.9. The molecule has 0 amide bonds. The Kier molecular flexibility index (Phi) is 8.31. The van der Waals surface area contributed by atoms with Crippen molar-refractivity contribution in [3.05, 3.63) is 65.3 Å². The average molecular weight is 573 g/mol. The SMILES string of the molecule is Nc1nc(OCCNP(N)(=O)N(c2cccc(CO)c2)c2ccccc2Cl)nc2c1cnn2C1CCCCO1. The van der Waals surface area contributed by atoms with Gasteiger partial charge in [-0.3, -0.25) is 14.7 Å². The van der Waals surface area contributed by atoms with Crippen LogP contribution in [-0.2, 0) is 15.9 Å². The monoisotopic (exact) mass is 572 g/mol. The molecule has 39 heavy (non-hydrogen) atoms. The summed E-state index contributed by atoms with van der Waals surface area (Å²) in [5.74, 6) is 0.239. The molecule has 2 aromatic carbocycles. The zero-order chi connectivity index (χ0) is 27.4. The van der Waals surface area contributed by atoms with Gasteiger partial charge in [-0.05, 0) is 49.1 Å². The Labute approximate surface area is 230 Å². The number of nitrogens with zero attached hydrogens (tertiary/aromatic N) is 5. The normalized spacial score (nSPS) is 17.2. The minimum Gasteiger partial charge on any atom is -0.462 e. The van der Waals surface area contributed by atoms with E-state index in [1.54, 1.807) is 59.4 Å². The first-order valence-electron chi connectivity index (χ1n) is 12.5. The Balaban J connectivity index is 1.32. The largest absolute Gasteiger partial charge is 0.462 e. The Bertz CT molecular complexity index is 1500. The number of hydrogen-bond acceptors (Lipinski definition) is 8. The maximum atomic E-state index is 13.8. The first-order chi connectivity index (χ1) is 18.9. The van der Waals surface area contributed by atoms with E-state index < -0.39 is 7.59 Å². The Hall–Kier alpha value is -3.25. The fourth-order valence-electron chi connectivity index (χ4n) is 4.42. The lowest BCUT2D eigenvalue weighted by Gasteiger charge is -2.32. The predicted octanol–water partition coefficient (Wildman–Crippen LogP) is 4.13. The zero-order valence-corrected chi connectivity index (χ0v) is 22.8. The quantitative estimate of drug-likeness (QED) is 0.159. The molecule has 0 aliphatic carbocycles. The fraction of sp³-hybridized carbons (Fsp3) is 0.320. The number of hydrogen-bond donors (Lipinski definition) is 4. The second kappa shape index (κ2) is 11.9. The van der Waals surface area contributed by atoms with Crippen molar-refractivity contribution in [2.24, 2.45) is 5.50 Å². The number of nitrogen functional groups attached to an aromatic ring is 1. The van der Waals surface area contributed by atoms with E-state index >= 15 is 0 Å². The molecule has 6 N–H and O–H groups in total. The van der Waals surface area contributed by atoms with Gasteiger partial charge in [0.2, 0.25) is 0 Å². The van der Waals surface area contributed by atoms with Crippen LogP contribution in [-0.4, -0.2) is 44.6 Å². The highest BCUT2D eigenvalue weighted by Gasteiger charge is 2.30. The molecule has 1 aliphatic heterocycles. The van der Waals surface area contributed by atoms with Crippen molar-refractivity contribution in [3.63, 3.8) is 0 Å². The highest BCUT2D eigenvalue weighted by molar-refractivity contribution is 7.61. The smallest absolute Gasteiger partial charge is 0.320 e. The third kappa shape index (κ3) is 6.01. The molecule has 1 aliphatic rings. The van der Waals surface area contributed by atoms with Gasteiger partial charge in [0.15, 0.2) is 11.9 Å². The van der Waals surface area contributed by atoms with Crippen molar-refractivity contribution in [2.45, 2.75) is 32.1 Å². The molecule has 2 unspecified atom stereocenters. The van der Waals surface area contributed by atoms with Crippen molar-refractivity contribution >= 4 is 47.4 Å². The number of benzene rings is 2. The topological polar surface area (TPSA) is 167 Å². The van der Waals surface area contributed by atoms with E-state index in [0.29, 0.717) is 39.6 Å². The number of aromatic nitrogens is 4. The van der Waals surface area contributed by atoms with Gasteiger partial charge in [0, 0.05) is 13.2 Å². The number of ether oxygens (including phenoxy) is 2. The van der Waals surface area contributed by atoms with E-state index in [4.69, 9.17) is 32.3 Å². The van der Waals surface area contributed by atoms with E-state index in [-0.39, 0.29) is 37.8 Å². The van der Waals surface area contributed by atoms with E-state index in [0.717, 1.165) is 19.3 Å². The highest BCUT2D eigenvalue weighted by atomic mass is 35.5. The maximum Gasteiger partial charge on any atom is 0.320 e. The molecule has 3 heterocycles. The molecule has 0 bridgehead atoms. The van der Waals surface area contributed by atoms with E-state index in [9.17, 15) is 9.67 Å². The van der Waals surface area contributed by atoms with Gasteiger partial charge in [-0.2, -0.15) is 15.1 Å². The summed E-state index contributed by atoms with van der Waals surface area (Å²) in [4.78, 5) is 8.72. The molecule has 5 rings (SSSR count). The number of fused-ring (bicyclic) bond motifs is 1. The summed E-state index contributed by atoms with van der Waals surface area (Å²) in [6.07, 6.45) is 4.28. The van der Waals surface area contributed by atoms with Crippen LogP contribution in [0.5, 0.6) is 6.01 Å². The third-order valence-electron chi connectivity index (χ3n) is 6.28. The molecule has 14 heteroatoms. The molecule has 206 valence electrons. The van der Waals surface area contributed by atoms with Gasteiger partial charge < -0.3 is 20.3 Å². The first kappa shape index (κ1) is 27.3. The lowest BCUT2D eigenvalue weighted by Crippen LogP contribution is -2.32. The van der Waals surface area contributed by atoms with Gasteiger partial charge in [-0.25, -0.2) is 9.77 Å². The Morgan fingerprint density at radius 1 is 1.23 bits per heavy atom. The molecule has 0 saturated carbocycles. The molecule has 4 aromatic rings. The van der Waals surface area contributed by atoms with Gasteiger partial charge in [0.25, 0.3) is 0 Å². The number of para-hydroxylation sites is 1.